The molecule has 0 spiro atoms. The van der Waals surface area contributed by atoms with E-state index in [1.165, 1.54) is 0 Å². The van der Waals surface area contributed by atoms with Crippen molar-refractivity contribution in [3.8, 4) is 16.5 Å². The lowest BCUT2D eigenvalue weighted by atomic mass is 10.0. The van der Waals surface area contributed by atoms with Crippen molar-refractivity contribution in [3.05, 3.63) is 17.5 Å². The standard InChI is InChI=1S/C24H36N6O3S/c1-6-17(14-31)9-10-25-22-20(15(4)28-24(30-22)26-11-12-32-7-2)23-29-21-16(5)27-19(33-8-3)13-18(21)34-23/h13,17,31H,6-12,14H2,1-5H3,(H2,25,26,28,30). The third-order valence-corrected chi connectivity index (χ3v) is 6.56. The Balaban J connectivity index is 1.96. The van der Waals surface area contributed by atoms with Gasteiger partial charge in [0.05, 0.1) is 34.9 Å². The molecule has 0 amide bonds. The van der Waals surface area contributed by atoms with E-state index in [2.05, 4.69) is 22.5 Å². The lowest BCUT2D eigenvalue weighted by Gasteiger charge is -2.16. The van der Waals surface area contributed by atoms with Crippen LogP contribution in [0.4, 0.5) is 11.8 Å². The quantitative estimate of drug-likeness (QED) is 0.283. The second kappa shape index (κ2) is 12.8. The van der Waals surface area contributed by atoms with Crippen LogP contribution in [0.25, 0.3) is 20.8 Å². The first-order chi connectivity index (χ1) is 16.5. The third-order valence-electron chi connectivity index (χ3n) is 5.54. The van der Waals surface area contributed by atoms with Crippen molar-refractivity contribution in [2.45, 2.75) is 47.5 Å². The van der Waals surface area contributed by atoms with Crippen molar-refractivity contribution in [2.75, 3.05) is 50.2 Å². The SMILES string of the molecule is CCOCCNc1nc(C)c(-c2nc3c(C)nc(OCC)cc3s2)c(NCCC(CC)CO)n1. The molecule has 10 heteroatoms. The summed E-state index contributed by atoms with van der Waals surface area (Å²) in [4.78, 5) is 18.9. The molecule has 0 aliphatic carbocycles. The van der Waals surface area contributed by atoms with Gasteiger partial charge in [-0.3, -0.25) is 0 Å². The molecule has 3 N–H and O–H groups in total. The second-order valence-electron chi connectivity index (χ2n) is 8.00. The Hall–Kier alpha value is -2.56. The van der Waals surface area contributed by atoms with Crippen LogP contribution in [0.15, 0.2) is 6.07 Å². The van der Waals surface area contributed by atoms with Crippen molar-refractivity contribution < 1.29 is 14.6 Å². The number of ether oxygens (including phenoxy) is 2. The lowest BCUT2D eigenvalue weighted by Crippen LogP contribution is -2.16. The molecule has 0 fully saturated rings. The highest BCUT2D eigenvalue weighted by atomic mass is 32.1. The number of aliphatic hydroxyl groups is 1. The van der Waals surface area contributed by atoms with E-state index < -0.39 is 0 Å². The van der Waals surface area contributed by atoms with E-state index in [1.54, 1.807) is 11.3 Å². The fourth-order valence-electron chi connectivity index (χ4n) is 3.61. The van der Waals surface area contributed by atoms with Gasteiger partial charge in [-0.2, -0.15) is 4.98 Å². The summed E-state index contributed by atoms with van der Waals surface area (Å²) in [5, 5.41) is 17.1. The summed E-state index contributed by atoms with van der Waals surface area (Å²) in [6, 6.07) is 1.94. The predicted octanol–water partition coefficient (Wildman–Crippen LogP) is 4.43. The molecular weight excluding hydrogens is 452 g/mol. The van der Waals surface area contributed by atoms with Crippen LogP contribution in [-0.2, 0) is 4.74 Å². The molecule has 0 saturated heterocycles. The van der Waals surface area contributed by atoms with E-state index in [9.17, 15) is 5.11 Å². The molecule has 3 aromatic rings. The maximum atomic E-state index is 9.55. The van der Waals surface area contributed by atoms with Gasteiger partial charge in [0, 0.05) is 32.4 Å². The van der Waals surface area contributed by atoms with Crippen LogP contribution in [0.1, 0.15) is 45.0 Å². The summed E-state index contributed by atoms with van der Waals surface area (Å²) < 4.78 is 12.0. The minimum Gasteiger partial charge on any atom is -0.478 e. The highest BCUT2D eigenvalue weighted by Crippen LogP contribution is 2.37. The smallest absolute Gasteiger partial charge is 0.224 e. The fourth-order valence-corrected chi connectivity index (χ4v) is 4.76. The van der Waals surface area contributed by atoms with Gasteiger partial charge >= 0.3 is 0 Å². The summed E-state index contributed by atoms with van der Waals surface area (Å²) in [7, 11) is 0. The molecule has 1 unspecified atom stereocenters. The average Bonchev–Trinajstić information content (AvgIpc) is 3.24. The zero-order valence-electron chi connectivity index (χ0n) is 20.8. The van der Waals surface area contributed by atoms with Gasteiger partial charge in [0.2, 0.25) is 11.8 Å². The van der Waals surface area contributed by atoms with E-state index >= 15 is 0 Å². The van der Waals surface area contributed by atoms with Crippen LogP contribution in [-0.4, -0.2) is 64.6 Å². The van der Waals surface area contributed by atoms with Gasteiger partial charge in [-0.25, -0.2) is 15.0 Å². The van der Waals surface area contributed by atoms with E-state index in [4.69, 9.17) is 24.4 Å². The van der Waals surface area contributed by atoms with Gasteiger partial charge in [-0.15, -0.1) is 11.3 Å². The van der Waals surface area contributed by atoms with Gasteiger partial charge in [-0.1, -0.05) is 13.3 Å². The number of aryl methyl sites for hydroxylation is 2. The normalized spacial score (nSPS) is 12.2. The predicted molar refractivity (Wildman–Crippen MR) is 138 cm³/mol. The number of rotatable bonds is 14. The first-order valence-electron chi connectivity index (χ1n) is 12.0. The molecule has 0 radical (unpaired) electrons. The number of hydrogen-bond donors (Lipinski definition) is 3. The molecule has 3 rings (SSSR count). The minimum absolute atomic E-state index is 0.185. The van der Waals surface area contributed by atoms with E-state index in [0.29, 0.717) is 44.7 Å². The summed E-state index contributed by atoms with van der Waals surface area (Å²) in [5.41, 5.74) is 3.41. The Bertz CT molecular complexity index is 1070. The summed E-state index contributed by atoms with van der Waals surface area (Å²) in [6.45, 7) is 13.3. The van der Waals surface area contributed by atoms with Gasteiger partial charge in [0.1, 0.15) is 16.3 Å². The number of pyridine rings is 1. The summed E-state index contributed by atoms with van der Waals surface area (Å²) in [6.07, 6.45) is 1.79. The lowest BCUT2D eigenvalue weighted by molar-refractivity contribution is 0.158. The molecule has 0 saturated carbocycles. The monoisotopic (exact) mass is 488 g/mol. The summed E-state index contributed by atoms with van der Waals surface area (Å²) >= 11 is 1.58. The average molecular weight is 489 g/mol. The Labute approximate surface area is 205 Å². The Kier molecular flexibility index (Phi) is 9.79. The molecule has 0 aliphatic heterocycles. The molecule has 0 aromatic carbocycles. The molecule has 3 heterocycles. The zero-order chi connectivity index (χ0) is 24.5. The highest BCUT2D eigenvalue weighted by Gasteiger charge is 2.19. The Morgan fingerprint density at radius 2 is 1.82 bits per heavy atom. The number of aliphatic hydroxyl groups excluding tert-OH is 1. The van der Waals surface area contributed by atoms with E-state index in [-0.39, 0.29) is 12.5 Å². The van der Waals surface area contributed by atoms with Gasteiger partial charge in [-0.05, 0) is 40.0 Å². The van der Waals surface area contributed by atoms with E-state index in [0.717, 1.165) is 50.8 Å². The third kappa shape index (κ3) is 6.52. The van der Waals surface area contributed by atoms with Crippen molar-refractivity contribution >= 4 is 33.3 Å². The molecule has 34 heavy (non-hydrogen) atoms. The number of aromatic nitrogens is 4. The maximum absolute atomic E-state index is 9.55. The molecule has 0 bridgehead atoms. The van der Waals surface area contributed by atoms with Crippen molar-refractivity contribution in [1.82, 2.24) is 19.9 Å². The van der Waals surface area contributed by atoms with E-state index in [1.807, 2.05) is 33.8 Å². The van der Waals surface area contributed by atoms with Crippen LogP contribution in [0.2, 0.25) is 0 Å². The Morgan fingerprint density at radius 1 is 1.00 bits per heavy atom. The Morgan fingerprint density at radius 3 is 2.53 bits per heavy atom. The summed E-state index contributed by atoms with van der Waals surface area (Å²) in [5.74, 6) is 2.15. The van der Waals surface area contributed by atoms with Crippen molar-refractivity contribution in [1.29, 1.82) is 0 Å². The number of fused-ring (bicyclic) bond motifs is 1. The second-order valence-corrected chi connectivity index (χ2v) is 9.03. The molecular formula is C24H36N6O3S. The highest BCUT2D eigenvalue weighted by molar-refractivity contribution is 7.21. The number of nitrogens with one attached hydrogen (secondary N) is 2. The first kappa shape index (κ1) is 26.1. The molecule has 186 valence electrons. The van der Waals surface area contributed by atoms with Crippen LogP contribution in [0.5, 0.6) is 5.88 Å². The van der Waals surface area contributed by atoms with Crippen LogP contribution < -0.4 is 15.4 Å². The molecule has 3 aromatic heterocycles. The van der Waals surface area contributed by atoms with Crippen LogP contribution in [0, 0.1) is 19.8 Å². The topological polar surface area (TPSA) is 114 Å². The number of anilines is 2. The molecule has 0 aliphatic rings. The van der Waals surface area contributed by atoms with Crippen LogP contribution in [0.3, 0.4) is 0 Å². The first-order valence-corrected chi connectivity index (χ1v) is 12.8. The largest absolute Gasteiger partial charge is 0.478 e. The van der Waals surface area contributed by atoms with Crippen molar-refractivity contribution in [2.24, 2.45) is 5.92 Å². The number of thiazole rings is 1. The zero-order valence-corrected chi connectivity index (χ0v) is 21.6. The maximum Gasteiger partial charge on any atom is 0.224 e. The van der Waals surface area contributed by atoms with Crippen molar-refractivity contribution in [3.63, 3.8) is 0 Å². The van der Waals surface area contributed by atoms with Gasteiger partial charge < -0.3 is 25.2 Å². The number of hydrogen-bond acceptors (Lipinski definition) is 10. The number of nitrogens with zero attached hydrogens (tertiary/aromatic N) is 4. The van der Waals surface area contributed by atoms with Crippen LogP contribution >= 0.6 is 11.3 Å². The van der Waals surface area contributed by atoms with Gasteiger partial charge in [0.25, 0.3) is 0 Å². The minimum atomic E-state index is 0.185. The molecule has 1 atom stereocenters. The van der Waals surface area contributed by atoms with Gasteiger partial charge in [0.15, 0.2) is 0 Å². The molecule has 9 nitrogen and oxygen atoms in total. The fraction of sp³-hybridized carbons (Fsp3) is 0.583.